The molecule has 0 aliphatic rings. The topological polar surface area (TPSA) is 231 Å². The van der Waals surface area contributed by atoms with Crippen molar-refractivity contribution in [3.8, 4) is 0 Å². The van der Waals surface area contributed by atoms with Crippen LogP contribution in [0.2, 0.25) is 0 Å². The van der Waals surface area contributed by atoms with Crippen molar-refractivity contribution < 1.29 is 75.8 Å². The van der Waals surface area contributed by atoms with Crippen LogP contribution >= 0.6 is 15.6 Å². The van der Waals surface area contributed by atoms with E-state index < -0.39 is 91.5 Å². The van der Waals surface area contributed by atoms with Gasteiger partial charge in [0.2, 0.25) is 0 Å². The molecule has 0 radical (unpaired) electrons. The van der Waals surface area contributed by atoms with Gasteiger partial charge >= 0.3 is 33.6 Å². The van der Waals surface area contributed by atoms with Crippen LogP contribution in [0, 0.1) is 0 Å². The summed E-state index contributed by atoms with van der Waals surface area (Å²) in [4.78, 5) is 58.9. The molecular weight excluding hydrogens is 1430 g/mol. The zero-order valence-electron chi connectivity index (χ0n) is 69.6. The summed E-state index contributed by atoms with van der Waals surface area (Å²) in [6.07, 6.45) is 108. The number of aliphatic hydroxyl groups excluding tert-OH is 2. The Kier molecular flexibility index (Phi) is 80.4. The number of phosphoric acid groups is 2. The van der Waals surface area contributed by atoms with Crippen LogP contribution in [0.5, 0.6) is 0 Å². The lowest BCUT2D eigenvalue weighted by Gasteiger charge is -2.21. The van der Waals surface area contributed by atoms with Crippen molar-refractivity contribution in [2.24, 2.45) is 0 Å². The molecule has 0 fully saturated rings. The highest BCUT2D eigenvalue weighted by molar-refractivity contribution is 7.47. The highest BCUT2D eigenvalue weighted by Crippen LogP contribution is 2.45. The molecule has 0 saturated heterocycles. The first-order valence-corrected chi connectivity index (χ1v) is 46.4. The van der Waals surface area contributed by atoms with Crippen LogP contribution in [0.1, 0.15) is 342 Å². The minimum absolute atomic E-state index is 0.0740. The Morgan fingerprint density at radius 1 is 0.261 bits per heavy atom. The molecule has 0 aliphatic heterocycles. The van der Waals surface area contributed by atoms with Crippen molar-refractivity contribution in [3.63, 3.8) is 0 Å². The third-order valence-electron chi connectivity index (χ3n) is 17.9. The number of rotatable bonds is 81. The fourth-order valence-corrected chi connectivity index (χ4v) is 12.9. The molecule has 0 bridgehead atoms. The molecule has 0 aromatic rings. The second-order valence-corrected chi connectivity index (χ2v) is 31.5. The predicted octanol–water partition coefficient (Wildman–Crippen LogP) is 26.3. The molecule has 0 rings (SSSR count). The predicted molar refractivity (Wildman–Crippen MR) is 463 cm³/mol. The molecule has 634 valence electrons. The van der Waals surface area contributed by atoms with Gasteiger partial charge in [-0.1, -0.05) is 332 Å². The minimum Gasteiger partial charge on any atom is -0.463 e. The number of unbranched alkanes of at least 4 members (excludes halogenated alkanes) is 30. The van der Waals surface area contributed by atoms with Crippen molar-refractivity contribution in [3.05, 3.63) is 170 Å². The molecule has 4 N–H and O–H groups in total. The Labute approximate surface area is 675 Å². The summed E-state index contributed by atoms with van der Waals surface area (Å²) in [7, 11) is -9.82. The van der Waals surface area contributed by atoms with Crippen molar-refractivity contribution >= 4 is 33.6 Å². The van der Waals surface area contributed by atoms with Gasteiger partial charge in [0.1, 0.15) is 25.4 Å². The van der Waals surface area contributed by atoms with E-state index in [0.717, 1.165) is 180 Å². The lowest BCUT2D eigenvalue weighted by Crippen LogP contribution is -2.30. The fourth-order valence-electron chi connectivity index (χ4n) is 11.3. The summed E-state index contributed by atoms with van der Waals surface area (Å²) in [6.45, 7) is 2.49. The van der Waals surface area contributed by atoms with E-state index >= 15 is 0 Å². The number of allylic oxidation sites excluding steroid dienone is 28. The minimum atomic E-state index is -4.95. The molecule has 0 aliphatic carbocycles. The average Bonchev–Trinajstić information content (AvgIpc) is 0.903. The highest BCUT2D eigenvalue weighted by atomic mass is 31.2. The molecule has 5 unspecified atom stereocenters. The van der Waals surface area contributed by atoms with Gasteiger partial charge in [-0.05, 0) is 161 Å². The van der Waals surface area contributed by atoms with Crippen molar-refractivity contribution in [2.75, 3.05) is 39.6 Å². The summed E-state index contributed by atoms with van der Waals surface area (Å²) >= 11 is 0. The van der Waals surface area contributed by atoms with Crippen LogP contribution in [0.3, 0.4) is 0 Å². The summed E-state index contributed by atoms with van der Waals surface area (Å²) in [5, 5.41) is 20.7. The van der Waals surface area contributed by atoms with Gasteiger partial charge in [-0.15, -0.1) is 0 Å². The molecule has 0 saturated carbocycles. The molecule has 18 heteroatoms. The zero-order valence-corrected chi connectivity index (χ0v) is 71.4. The lowest BCUT2D eigenvalue weighted by molar-refractivity contribution is -0.161. The van der Waals surface area contributed by atoms with Gasteiger partial charge < -0.3 is 34.2 Å². The maximum Gasteiger partial charge on any atom is 0.472 e. The van der Waals surface area contributed by atoms with Crippen molar-refractivity contribution in [2.45, 2.75) is 360 Å². The van der Waals surface area contributed by atoms with Crippen molar-refractivity contribution in [1.29, 1.82) is 0 Å². The van der Waals surface area contributed by atoms with Gasteiger partial charge in [-0.2, -0.15) is 0 Å². The normalized spacial score (nSPS) is 14.7. The van der Waals surface area contributed by atoms with E-state index in [1.165, 1.54) is 103 Å². The first kappa shape index (κ1) is 106. The van der Waals surface area contributed by atoms with Crippen LogP contribution in [-0.2, 0) is 55.8 Å². The van der Waals surface area contributed by atoms with E-state index in [2.05, 4.69) is 191 Å². The van der Waals surface area contributed by atoms with Crippen LogP contribution in [0.15, 0.2) is 170 Å². The molecule has 5 atom stereocenters. The molecule has 16 nitrogen and oxygen atoms in total. The first-order valence-electron chi connectivity index (χ1n) is 43.4. The molecular formula is C93H156O16P2. The zero-order chi connectivity index (χ0) is 80.8. The largest absolute Gasteiger partial charge is 0.472 e. The van der Waals surface area contributed by atoms with Crippen LogP contribution in [-0.4, -0.2) is 95.9 Å². The number of hydrogen-bond acceptors (Lipinski definition) is 14. The Hall–Kier alpha value is -5.09. The van der Waals surface area contributed by atoms with Crippen LogP contribution in [0.4, 0.5) is 0 Å². The summed E-state index contributed by atoms with van der Waals surface area (Å²) in [5.74, 6) is -1.62. The average molecular weight is 1590 g/mol. The monoisotopic (exact) mass is 1590 g/mol. The summed E-state index contributed by atoms with van der Waals surface area (Å²) < 4.78 is 61.3. The van der Waals surface area contributed by atoms with Gasteiger partial charge in [0.05, 0.1) is 26.4 Å². The van der Waals surface area contributed by atoms with E-state index in [9.17, 15) is 43.5 Å². The molecule has 0 aromatic carbocycles. The Bertz CT molecular complexity index is 2700. The van der Waals surface area contributed by atoms with Gasteiger partial charge in [0.25, 0.3) is 0 Å². The maximum atomic E-state index is 13.0. The van der Waals surface area contributed by atoms with E-state index in [1.54, 1.807) is 0 Å². The maximum absolute atomic E-state index is 13.0. The van der Waals surface area contributed by atoms with E-state index in [1.807, 2.05) is 0 Å². The Balaban J connectivity index is 4.67. The second-order valence-electron chi connectivity index (χ2n) is 28.6. The van der Waals surface area contributed by atoms with Gasteiger partial charge in [-0.3, -0.25) is 32.5 Å². The number of carbonyl (C=O) groups is 3. The SMILES string of the molecule is CC/C=C\C/C=C\C/C=C\C/C=C\C/C=C\C/C=C\CCCCCCCCC(=O)OCC(COP(=O)(O)OCC(O)COP(=O)(O)OCC(O)COC(=O)CCCCCCCCCCCCCCC/C=C\C/C=C\C/C=C\C/C=C\CCCCC)OC(=O)CCCCCCC/C=C\C/C=C\C/C=C\C/C=C\CCCCC. The highest BCUT2D eigenvalue weighted by Gasteiger charge is 2.29. The molecule has 111 heavy (non-hydrogen) atoms. The first-order chi connectivity index (χ1) is 54.2. The van der Waals surface area contributed by atoms with Gasteiger partial charge in [0.15, 0.2) is 6.10 Å². The number of ether oxygens (including phenoxy) is 3. The number of hydrogen-bond donors (Lipinski definition) is 4. The third kappa shape index (κ3) is 85.6. The van der Waals surface area contributed by atoms with E-state index in [4.69, 9.17) is 32.3 Å². The lowest BCUT2D eigenvalue weighted by atomic mass is 10.0. The molecule has 0 amide bonds. The van der Waals surface area contributed by atoms with Crippen LogP contribution < -0.4 is 0 Å². The molecule has 0 aromatic heterocycles. The summed E-state index contributed by atoms with van der Waals surface area (Å²) in [6, 6.07) is 0. The van der Waals surface area contributed by atoms with Gasteiger partial charge in [0, 0.05) is 19.3 Å². The standard InChI is InChI=1S/C93H156O16P2/c1-4-7-10-13-16-19-22-25-28-31-34-37-39-41-42-43-44-46-48-50-52-55-58-61-64-67-70-73-76-79-91(96)103-82-88(94)83-105-110(99,100)106-84-89(95)85-107-111(101,102)108-87-90(109-93(98)81-78-75-72-69-66-63-60-57-54-49-36-33-30-27-24-21-18-15-12-9-6-3)86-104-92(97)80-77-74-71-68-65-62-59-56-53-51-47-45-40-38-35-32-29-26-23-20-17-14-11-8-5-2/h8,11,16-21,25-30,34-38,41-42,45,47,49,53,56-57,60,88-90,94-95H,4-7,9-10,12-15,22-24,31-33,39-40,43-44,46,48,50-52,54-55,58-59,61-87H2,1-3H3,(H,99,100)(H,101,102)/b11-8-,19-16-,20-17-,21-18-,28-25-,29-26-,30-27-,37-34-,38-35-,42-41-,47-45-,49-36-,56-53-,60-57-. The quantitative estimate of drug-likeness (QED) is 0.0146. The van der Waals surface area contributed by atoms with Crippen molar-refractivity contribution in [1.82, 2.24) is 0 Å². The second kappa shape index (κ2) is 84.3. The smallest absolute Gasteiger partial charge is 0.463 e. The molecule has 0 spiro atoms. The number of esters is 3. The number of phosphoric ester groups is 2. The Morgan fingerprint density at radius 3 is 0.757 bits per heavy atom. The third-order valence-corrected chi connectivity index (χ3v) is 19.8. The molecule has 0 heterocycles. The summed E-state index contributed by atoms with van der Waals surface area (Å²) in [5.41, 5.74) is 0. The Morgan fingerprint density at radius 2 is 0.477 bits per heavy atom. The van der Waals surface area contributed by atoms with E-state index in [0.29, 0.717) is 19.3 Å². The van der Waals surface area contributed by atoms with Gasteiger partial charge in [-0.25, -0.2) is 9.13 Å². The van der Waals surface area contributed by atoms with E-state index in [-0.39, 0.29) is 19.3 Å². The fraction of sp³-hybridized carbons (Fsp3) is 0.667. The number of aliphatic hydroxyl groups is 2. The van der Waals surface area contributed by atoms with Crippen LogP contribution in [0.25, 0.3) is 0 Å². The number of carbonyl (C=O) groups excluding carboxylic acids is 3.